The summed E-state index contributed by atoms with van der Waals surface area (Å²) < 4.78 is 10.8. The summed E-state index contributed by atoms with van der Waals surface area (Å²) in [4.78, 5) is 12.0. The second-order valence-corrected chi connectivity index (χ2v) is 4.17. The van der Waals surface area contributed by atoms with E-state index in [-0.39, 0.29) is 12.0 Å². The molecule has 21 heavy (non-hydrogen) atoms. The zero-order valence-corrected chi connectivity index (χ0v) is 12.0. The smallest absolute Gasteiger partial charge is 0.323 e. The number of benzene rings is 1. The number of para-hydroxylation sites is 1. The van der Waals surface area contributed by atoms with Gasteiger partial charge in [0, 0.05) is 6.54 Å². The molecule has 7 heteroatoms. The van der Waals surface area contributed by atoms with E-state index in [0.29, 0.717) is 25.7 Å². The highest BCUT2D eigenvalue weighted by atomic mass is 16.5. The molecular formula is C14H19N5O2. The van der Waals surface area contributed by atoms with Gasteiger partial charge in [0.1, 0.15) is 5.75 Å². The summed E-state index contributed by atoms with van der Waals surface area (Å²) in [5, 5.41) is 3.07. The average Bonchev–Trinajstić information content (AvgIpc) is 2.48. The first kappa shape index (κ1) is 14.8. The number of aromatic nitrogens is 3. The van der Waals surface area contributed by atoms with E-state index in [9.17, 15) is 0 Å². The molecule has 0 fully saturated rings. The van der Waals surface area contributed by atoms with Crippen LogP contribution in [0, 0.1) is 0 Å². The molecule has 7 nitrogen and oxygen atoms in total. The lowest BCUT2D eigenvalue weighted by atomic mass is 10.3. The number of hydrogen-bond acceptors (Lipinski definition) is 7. The Labute approximate surface area is 123 Å². The van der Waals surface area contributed by atoms with Gasteiger partial charge in [-0.2, -0.15) is 15.0 Å². The van der Waals surface area contributed by atoms with Crippen molar-refractivity contribution in [2.24, 2.45) is 0 Å². The number of rotatable bonds is 8. The van der Waals surface area contributed by atoms with E-state index < -0.39 is 0 Å². The van der Waals surface area contributed by atoms with Gasteiger partial charge >= 0.3 is 6.01 Å². The van der Waals surface area contributed by atoms with Crippen LogP contribution >= 0.6 is 0 Å². The highest BCUT2D eigenvalue weighted by molar-refractivity contribution is 5.32. The molecule has 0 radical (unpaired) electrons. The predicted octanol–water partition coefficient (Wildman–Crippen LogP) is 1.73. The van der Waals surface area contributed by atoms with Gasteiger partial charge in [-0.3, -0.25) is 0 Å². The third-order valence-electron chi connectivity index (χ3n) is 2.52. The van der Waals surface area contributed by atoms with Gasteiger partial charge in [0.15, 0.2) is 0 Å². The summed E-state index contributed by atoms with van der Waals surface area (Å²) in [5.74, 6) is 1.41. The van der Waals surface area contributed by atoms with Crippen LogP contribution in [0.4, 0.5) is 11.9 Å². The summed E-state index contributed by atoms with van der Waals surface area (Å²) in [6, 6.07) is 9.92. The van der Waals surface area contributed by atoms with Crippen LogP contribution in [0.15, 0.2) is 30.3 Å². The van der Waals surface area contributed by atoms with Crippen molar-refractivity contribution in [3.05, 3.63) is 30.3 Å². The first-order valence-electron chi connectivity index (χ1n) is 6.84. The highest BCUT2D eigenvalue weighted by Gasteiger charge is 2.04. The van der Waals surface area contributed by atoms with Crippen molar-refractivity contribution in [1.82, 2.24) is 15.0 Å². The Morgan fingerprint density at radius 2 is 1.90 bits per heavy atom. The third kappa shape index (κ3) is 5.13. The van der Waals surface area contributed by atoms with E-state index >= 15 is 0 Å². The van der Waals surface area contributed by atoms with Gasteiger partial charge in [-0.1, -0.05) is 18.2 Å². The second kappa shape index (κ2) is 7.88. The number of ether oxygens (including phenoxy) is 2. The molecular weight excluding hydrogens is 270 g/mol. The van der Waals surface area contributed by atoms with Crippen molar-refractivity contribution in [3.8, 4) is 11.8 Å². The number of hydrogen-bond donors (Lipinski definition) is 2. The standard InChI is InChI=1S/C14H19N5O2/c1-2-20-14-18-12(15)17-13(19-14)16-9-6-10-21-11-7-4-3-5-8-11/h3-5,7-8H,2,6,9-10H2,1H3,(H3,15,16,17,18,19). The van der Waals surface area contributed by atoms with Gasteiger partial charge < -0.3 is 20.5 Å². The summed E-state index contributed by atoms with van der Waals surface area (Å²) in [5.41, 5.74) is 5.59. The Bertz CT molecular complexity index is 550. The monoisotopic (exact) mass is 289 g/mol. The van der Waals surface area contributed by atoms with Crippen LogP contribution in [0.25, 0.3) is 0 Å². The molecule has 2 aromatic rings. The highest BCUT2D eigenvalue weighted by Crippen LogP contribution is 2.10. The molecule has 0 atom stereocenters. The zero-order valence-electron chi connectivity index (χ0n) is 12.0. The van der Waals surface area contributed by atoms with Gasteiger partial charge in [-0.05, 0) is 25.5 Å². The van der Waals surface area contributed by atoms with E-state index in [0.717, 1.165) is 12.2 Å². The van der Waals surface area contributed by atoms with E-state index in [1.54, 1.807) is 0 Å². The molecule has 1 heterocycles. The van der Waals surface area contributed by atoms with Crippen LogP contribution < -0.4 is 20.5 Å². The molecule has 3 N–H and O–H groups in total. The van der Waals surface area contributed by atoms with Crippen molar-refractivity contribution in [2.75, 3.05) is 30.8 Å². The number of nitrogens with two attached hydrogens (primary N) is 1. The number of anilines is 2. The van der Waals surface area contributed by atoms with Crippen molar-refractivity contribution in [2.45, 2.75) is 13.3 Å². The second-order valence-electron chi connectivity index (χ2n) is 4.17. The van der Waals surface area contributed by atoms with Gasteiger partial charge in [0.2, 0.25) is 11.9 Å². The molecule has 112 valence electrons. The van der Waals surface area contributed by atoms with Crippen molar-refractivity contribution >= 4 is 11.9 Å². The topological polar surface area (TPSA) is 95.2 Å². The molecule has 0 bridgehead atoms. The Hall–Kier alpha value is -2.57. The molecule has 0 unspecified atom stereocenters. The number of nitrogens with zero attached hydrogens (tertiary/aromatic N) is 3. The van der Waals surface area contributed by atoms with Crippen molar-refractivity contribution in [3.63, 3.8) is 0 Å². The maximum atomic E-state index is 5.59. The van der Waals surface area contributed by atoms with E-state index in [2.05, 4.69) is 20.3 Å². The lowest BCUT2D eigenvalue weighted by Crippen LogP contribution is -2.12. The zero-order chi connectivity index (χ0) is 14.9. The van der Waals surface area contributed by atoms with E-state index in [1.807, 2.05) is 37.3 Å². The maximum absolute atomic E-state index is 5.59. The molecule has 0 saturated carbocycles. The minimum atomic E-state index is 0.136. The molecule has 0 aliphatic carbocycles. The Kier molecular flexibility index (Phi) is 5.57. The lowest BCUT2D eigenvalue weighted by molar-refractivity contribution is 0.311. The molecule has 0 aliphatic heterocycles. The third-order valence-corrected chi connectivity index (χ3v) is 2.52. The van der Waals surface area contributed by atoms with Gasteiger partial charge in [-0.25, -0.2) is 0 Å². The Morgan fingerprint density at radius 3 is 2.67 bits per heavy atom. The van der Waals surface area contributed by atoms with Gasteiger partial charge in [0.05, 0.1) is 13.2 Å². The molecule has 1 aromatic carbocycles. The number of nitrogens with one attached hydrogen (secondary N) is 1. The van der Waals surface area contributed by atoms with Crippen LogP contribution in [-0.4, -0.2) is 34.7 Å². The number of nitrogen functional groups attached to an aromatic ring is 1. The SMILES string of the molecule is CCOc1nc(N)nc(NCCCOc2ccccc2)n1. The Balaban J connectivity index is 1.73. The van der Waals surface area contributed by atoms with Crippen molar-refractivity contribution < 1.29 is 9.47 Å². The van der Waals surface area contributed by atoms with Gasteiger partial charge in [-0.15, -0.1) is 0 Å². The largest absolute Gasteiger partial charge is 0.494 e. The minimum absolute atomic E-state index is 0.136. The van der Waals surface area contributed by atoms with E-state index in [4.69, 9.17) is 15.2 Å². The van der Waals surface area contributed by atoms with Gasteiger partial charge in [0.25, 0.3) is 0 Å². The first-order valence-corrected chi connectivity index (χ1v) is 6.84. The fourth-order valence-electron chi connectivity index (χ4n) is 1.62. The molecule has 2 rings (SSSR count). The summed E-state index contributed by atoms with van der Waals surface area (Å²) in [6.07, 6.45) is 0.810. The molecule has 1 aromatic heterocycles. The molecule has 0 amide bonds. The summed E-state index contributed by atoms with van der Waals surface area (Å²) in [6.45, 7) is 3.61. The minimum Gasteiger partial charge on any atom is -0.494 e. The fourth-order valence-corrected chi connectivity index (χ4v) is 1.62. The first-order chi connectivity index (χ1) is 10.3. The molecule has 0 saturated heterocycles. The van der Waals surface area contributed by atoms with E-state index in [1.165, 1.54) is 0 Å². The quantitative estimate of drug-likeness (QED) is 0.714. The average molecular weight is 289 g/mol. The molecule has 0 spiro atoms. The van der Waals surface area contributed by atoms with Crippen molar-refractivity contribution in [1.29, 1.82) is 0 Å². The van der Waals surface area contributed by atoms with Crippen LogP contribution in [-0.2, 0) is 0 Å². The predicted molar refractivity (Wildman–Crippen MR) is 80.5 cm³/mol. The van der Waals surface area contributed by atoms with Crippen LogP contribution in [0.5, 0.6) is 11.8 Å². The normalized spacial score (nSPS) is 10.1. The lowest BCUT2D eigenvalue weighted by Gasteiger charge is -2.08. The maximum Gasteiger partial charge on any atom is 0.323 e. The fraction of sp³-hybridized carbons (Fsp3) is 0.357. The summed E-state index contributed by atoms with van der Waals surface area (Å²) in [7, 11) is 0. The van der Waals surface area contributed by atoms with Crippen LogP contribution in [0.3, 0.4) is 0 Å². The van der Waals surface area contributed by atoms with Crippen LogP contribution in [0.2, 0.25) is 0 Å². The summed E-state index contributed by atoms with van der Waals surface area (Å²) >= 11 is 0. The van der Waals surface area contributed by atoms with Crippen LogP contribution in [0.1, 0.15) is 13.3 Å². The molecule has 0 aliphatic rings. The Morgan fingerprint density at radius 1 is 1.10 bits per heavy atom.